The smallest absolute Gasteiger partial charge is 0.222 e. The first-order chi connectivity index (χ1) is 9.58. The SMILES string of the molecule is Cc1cc(C)c(C)c(-c2c3cnccc3cc[n+]2C)c1. The number of hydrogen-bond acceptors (Lipinski definition) is 1. The van der Waals surface area contributed by atoms with Crippen LogP contribution in [0.5, 0.6) is 0 Å². The summed E-state index contributed by atoms with van der Waals surface area (Å²) in [4.78, 5) is 4.30. The summed E-state index contributed by atoms with van der Waals surface area (Å²) in [5.74, 6) is 0. The molecule has 0 unspecified atom stereocenters. The van der Waals surface area contributed by atoms with Crippen molar-refractivity contribution in [2.75, 3.05) is 0 Å². The fourth-order valence-corrected chi connectivity index (χ4v) is 2.83. The molecule has 0 spiro atoms. The van der Waals surface area contributed by atoms with Crippen molar-refractivity contribution in [2.24, 2.45) is 7.05 Å². The Kier molecular flexibility index (Phi) is 3.01. The number of hydrogen-bond donors (Lipinski definition) is 0. The molecule has 1 aromatic carbocycles. The van der Waals surface area contributed by atoms with E-state index in [9.17, 15) is 0 Å². The lowest BCUT2D eigenvalue weighted by molar-refractivity contribution is -0.659. The van der Waals surface area contributed by atoms with Crippen molar-refractivity contribution in [3.05, 3.63) is 59.5 Å². The van der Waals surface area contributed by atoms with Crippen LogP contribution in [0, 0.1) is 20.8 Å². The maximum absolute atomic E-state index is 4.30. The molecule has 0 aliphatic carbocycles. The molecule has 20 heavy (non-hydrogen) atoms. The van der Waals surface area contributed by atoms with Gasteiger partial charge < -0.3 is 0 Å². The molecule has 0 amide bonds. The summed E-state index contributed by atoms with van der Waals surface area (Å²) in [6.07, 6.45) is 5.93. The topological polar surface area (TPSA) is 16.8 Å². The van der Waals surface area contributed by atoms with Gasteiger partial charge in [0.05, 0.1) is 10.9 Å². The number of benzene rings is 1. The van der Waals surface area contributed by atoms with Crippen molar-refractivity contribution in [3.63, 3.8) is 0 Å². The molecule has 3 aromatic rings. The molecule has 0 radical (unpaired) electrons. The molecule has 2 heterocycles. The van der Waals surface area contributed by atoms with Crippen LogP contribution in [0.15, 0.2) is 42.9 Å². The standard InChI is InChI=1S/C18H19N2/c1-12-9-13(2)14(3)16(10-12)18-17-11-19-7-5-15(17)6-8-20(18)4/h5-11H,1-4H3/q+1. The van der Waals surface area contributed by atoms with Crippen LogP contribution in [0.3, 0.4) is 0 Å². The van der Waals surface area contributed by atoms with Gasteiger partial charge in [-0.15, -0.1) is 0 Å². The Balaban J connectivity index is 2.43. The molecule has 2 heteroatoms. The number of aromatic nitrogens is 2. The van der Waals surface area contributed by atoms with Gasteiger partial charge in [0, 0.05) is 18.5 Å². The van der Waals surface area contributed by atoms with Gasteiger partial charge in [-0.2, -0.15) is 0 Å². The third-order valence-electron chi connectivity index (χ3n) is 4.01. The van der Waals surface area contributed by atoms with E-state index in [0.29, 0.717) is 0 Å². The normalized spacial score (nSPS) is 11.0. The summed E-state index contributed by atoms with van der Waals surface area (Å²) in [5, 5.41) is 2.43. The highest BCUT2D eigenvalue weighted by Crippen LogP contribution is 2.29. The van der Waals surface area contributed by atoms with Gasteiger partial charge in [0.2, 0.25) is 5.69 Å². The molecule has 100 valence electrons. The highest BCUT2D eigenvalue weighted by Gasteiger charge is 2.18. The van der Waals surface area contributed by atoms with Gasteiger partial charge in [0.1, 0.15) is 7.05 Å². The van der Waals surface area contributed by atoms with Crippen LogP contribution in [0.4, 0.5) is 0 Å². The Morgan fingerprint density at radius 3 is 2.65 bits per heavy atom. The van der Waals surface area contributed by atoms with Gasteiger partial charge in [-0.3, -0.25) is 4.98 Å². The molecule has 0 saturated heterocycles. The Labute approximate surface area is 119 Å². The third kappa shape index (κ3) is 1.97. The van der Waals surface area contributed by atoms with E-state index >= 15 is 0 Å². The van der Waals surface area contributed by atoms with Gasteiger partial charge in [-0.05, 0) is 49.4 Å². The predicted octanol–water partition coefficient (Wildman–Crippen LogP) is 3.65. The lowest BCUT2D eigenvalue weighted by atomic mass is 9.95. The minimum Gasteiger partial charge on any atom is -0.264 e. The van der Waals surface area contributed by atoms with E-state index in [1.54, 1.807) is 0 Å². The third-order valence-corrected chi connectivity index (χ3v) is 4.01. The van der Waals surface area contributed by atoms with Crippen LogP contribution in [0.1, 0.15) is 16.7 Å². The van der Waals surface area contributed by atoms with E-state index in [0.717, 1.165) is 0 Å². The van der Waals surface area contributed by atoms with Crippen LogP contribution in [-0.2, 0) is 7.05 Å². The van der Waals surface area contributed by atoms with Crippen LogP contribution in [-0.4, -0.2) is 4.98 Å². The zero-order chi connectivity index (χ0) is 14.3. The molecule has 0 aliphatic heterocycles. The van der Waals surface area contributed by atoms with Crippen LogP contribution < -0.4 is 4.57 Å². The summed E-state index contributed by atoms with van der Waals surface area (Å²) >= 11 is 0. The average Bonchev–Trinajstić information content (AvgIpc) is 2.43. The Hall–Kier alpha value is -2.22. The van der Waals surface area contributed by atoms with Gasteiger partial charge in [0.15, 0.2) is 6.20 Å². The first-order valence-electron chi connectivity index (χ1n) is 6.88. The zero-order valence-corrected chi connectivity index (χ0v) is 12.4. The zero-order valence-electron chi connectivity index (χ0n) is 12.4. The fourth-order valence-electron chi connectivity index (χ4n) is 2.83. The predicted molar refractivity (Wildman–Crippen MR) is 82.6 cm³/mol. The van der Waals surface area contributed by atoms with Crippen molar-refractivity contribution in [3.8, 4) is 11.3 Å². The minimum atomic E-state index is 1.20. The lowest BCUT2D eigenvalue weighted by Crippen LogP contribution is -2.30. The van der Waals surface area contributed by atoms with Gasteiger partial charge in [0.25, 0.3) is 0 Å². The highest BCUT2D eigenvalue weighted by atomic mass is 14.9. The Bertz CT molecular complexity index is 804. The van der Waals surface area contributed by atoms with Gasteiger partial charge in [-0.1, -0.05) is 11.6 Å². The molecule has 0 aliphatic rings. The maximum Gasteiger partial charge on any atom is 0.222 e. The van der Waals surface area contributed by atoms with E-state index in [1.165, 1.54) is 38.7 Å². The van der Waals surface area contributed by atoms with E-state index in [1.807, 2.05) is 12.4 Å². The minimum absolute atomic E-state index is 1.20. The molecule has 2 nitrogen and oxygen atoms in total. The number of fused-ring (bicyclic) bond motifs is 1. The second kappa shape index (κ2) is 4.71. The number of rotatable bonds is 1. The Morgan fingerprint density at radius 1 is 1.05 bits per heavy atom. The molecular weight excluding hydrogens is 244 g/mol. The van der Waals surface area contributed by atoms with E-state index < -0.39 is 0 Å². The summed E-state index contributed by atoms with van der Waals surface area (Å²) in [7, 11) is 2.10. The van der Waals surface area contributed by atoms with Crippen LogP contribution in [0.2, 0.25) is 0 Å². The van der Waals surface area contributed by atoms with Crippen LogP contribution >= 0.6 is 0 Å². The Morgan fingerprint density at radius 2 is 1.85 bits per heavy atom. The average molecular weight is 263 g/mol. The first-order valence-corrected chi connectivity index (χ1v) is 6.88. The fraction of sp³-hybridized carbons (Fsp3) is 0.222. The van der Waals surface area contributed by atoms with Crippen molar-refractivity contribution >= 4 is 10.8 Å². The van der Waals surface area contributed by atoms with Crippen molar-refractivity contribution in [2.45, 2.75) is 20.8 Å². The van der Waals surface area contributed by atoms with E-state index in [4.69, 9.17) is 0 Å². The van der Waals surface area contributed by atoms with Crippen molar-refractivity contribution in [1.82, 2.24) is 4.98 Å². The molecule has 2 aromatic heterocycles. The molecule has 0 bridgehead atoms. The second-order valence-electron chi connectivity index (χ2n) is 5.49. The lowest BCUT2D eigenvalue weighted by Gasteiger charge is -2.11. The second-order valence-corrected chi connectivity index (χ2v) is 5.49. The van der Waals surface area contributed by atoms with Gasteiger partial charge >= 0.3 is 0 Å². The van der Waals surface area contributed by atoms with E-state index in [2.05, 4.69) is 67.8 Å². The molecule has 0 saturated carbocycles. The highest BCUT2D eigenvalue weighted by molar-refractivity contribution is 5.93. The number of nitrogens with zero attached hydrogens (tertiary/aromatic N) is 2. The summed E-state index contributed by atoms with van der Waals surface area (Å²) in [6, 6.07) is 8.71. The van der Waals surface area contributed by atoms with Crippen molar-refractivity contribution < 1.29 is 4.57 Å². The molecule has 0 fully saturated rings. The van der Waals surface area contributed by atoms with Gasteiger partial charge in [-0.25, -0.2) is 4.57 Å². The molecule has 3 rings (SSSR count). The molecule has 0 N–H and O–H groups in total. The summed E-state index contributed by atoms with van der Waals surface area (Å²) < 4.78 is 2.19. The quantitative estimate of drug-likeness (QED) is 0.612. The molecular formula is C18H19N2+. The van der Waals surface area contributed by atoms with Crippen LogP contribution in [0.25, 0.3) is 22.0 Å². The van der Waals surface area contributed by atoms with Crippen molar-refractivity contribution in [1.29, 1.82) is 0 Å². The van der Waals surface area contributed by atoms with E-state index in [-0.39, 0.29) is 0 Å². The number of pyridine rings is 2. The first kappa shape index (κ1) is 12.8. The maximum atomic E-state index is 4.30. The summed E-state index contributed by atoms with van der Waals surface area (Å²) in [5.41, 5.74) is 6.50. The monoisotopic (exact) mass is 263 g/mol. The number of aryl methyl sites for hydroxylation is 3. The summed E-state index contributed by atoms with van der Waals surface area (Å²) in [6.45, 7) is 6.52. The molecule has 0 atom stereocenters. The largest absolute Gasteiger partial charge is 0.264 e.